The molecule has 0 spiro atoms. The van der Waals surface area contributed by atoms with E-state index in [4.69, 9.17) is 9.47 Å². The van der Waals surface area contributed by atoms with E-state index < -0.39 is 11.9 Å². The summed E-state index contributed by atoms with van der Waals surface area (Å²) in [5.74, 6) is -0.468. The molecule has 238 valence electrons. The summed E-state index contributed by atoms with van der Waals surface area (Å²) in [5, 5.41) is 13.3. The number of aromatic nitrogens is 2. The summed E-state index contributed by atoms with van der Waals surface area (Å²) in [6.45, 7) is 0.116. The number of fused-ring (bicyclic) bond motifs is 2. The number of para-hydroxylation sites is 2. The fourth-order valence-electron chi connectivity index (χ4n) is 6.53. The number of pyridine rings is 1. The Hall–Kier alpha value is -6.08. The van der Waals surface area contributed by atoms with E-state index in [0.29, 0.717) is 28.6 Å². The summed E-state index contributed by atoms with van der Waals surface area (Å²) in [7, 11) is 3.32. The summed E-state index contributed by atoms with van der Waals surface area (Å²) in [6.07, 6.45) is 0.383. The fraction of sp³-hybridized carbons (Fsp3) is 0.122. The molecule has 48 heavy (non-hydrogen) atoms. The zero-order valence-corrected chi connectivity index (χ0v) is 26.6. The van der Waals surface area contributed by atoms with Crippen molar-refractivity contribution in [1.82, 2.24) is 9.55 Å². The van der Waals surface area contributed by atoms with E-state index in [0.717, 1.165) is 38.9 Å². The van der Waals surface area contributed by atoms with Gasteiger partial charge in [-0.25, -0.2) is 4.79 Å². The molecule has 0 fully saturated rings. The van der Waals surface area contributed by atoms with Crippen LogP contribution in [0.25, 0.3) is 32.9 Å². The van der Waals surface area contributed by atoms with Gasteiger partial charge in [-0.1, -0.05) is 84.9 Å². The van der Waals surface area contributed by atoms with Crippen molar-refractivity contribution in [3.63, 3.8) is 0 Å². The van der Waals surface area contributed by atoms with Crippen molar-refractivity contribution in [2.45, 2.75) is 12.3 Å². The van der Waals surface area contributed by atoms with E-state index in [1.165, 1.54) is 0 Å². The fourth-order valence-corrected chi connectivity index (χ4v) is 6.53. The van der Waals surface area contributed by atoms with Gasteiger partial charge in [-0.3, -0.25) is 4.79 Å². The number of H-pyrrole nitrogens is 1. The Morgan fingerprint density at radius 3 is 2.17 bits per heavy atom. The van der Waals surface area contributed by atoms with Crippen LogP contribution in [0, 0.1) is 0 Å². The maximum atomic E-state index is 14.1. The van der Waals surface area contributed by atoms with Crippen molar-refractivity contribution in [1.29, 1.82) is 0 Å². The topological polar surface area (TPSA) is 93.5 Å². The quantitative estimate of drug-likeness (QED) is 0.157. The number of hydrogen-bond acceptors (Lipinski definition) is 5. The number of aromatic amines is 1. The second kappa shape index (κ2) is 13.0. The predicted octanol–water partition coefficient (Wildman–Crippen LogP) is 7.98. The summed E-state index contributed by atoms with van der Waals surface area (Å²) in [6, 6.07) is 40.1. The Kier molecular flexibility index (Phi) is 8.26. The highest BCUT2D eigenvalue weighted by molar-refractivity contribution is 5.91. The molecular formula is C41H34N2O5. The van der Waals surface area contributed by atoms with Crippen molar-refractivity contribution < 1.29 is 19.4 Å². The van der Waals surface area contributed by atoms with Crippen LogP contribution in [-0.4, -0.2) is 34.3 Å². The lowest BCUT2D eigenvalue weighted by atomic mass is 9.85. The number of carbonyl (C=O) groups excluding carboxylic acids is 1. The molecule has 0 amide bonds. The van der Waals surface area contributed by atoms with E-state index in [2.05, 4.69) is 4.98 Å². The molecule has 0 bridgehead atoms. The first-order valence-electron chi connectivity index (χ1n) is 15.8. The van der Waals surface area contributed by atoms with Gasteiger partial charge in [-0.05, 0) is 64.7 Å². The number of nitrogens with one attached hydrogen (secondary N) is 1. The van der Waals surface area contributed by atoms with Crippen LogP contribution in [0.4, 0.5) is 0 Å². The largest absolute Gasteiger partial charge is 0.507 e. The lowest BCUT2D eigenvalue weighted by Crippen LogP contribution is -2.25. The molecule has 0 saturated carbocycles. The zero-order valence-electron chi connectivity index (χ0n) is 26.6. The summed E-state index contributed by atoms with van der Waals surface area (Å²) in [4.78, 5) is 30.8. The molecular weight excluding hydrogens is 600 g/mol. The van der Waals surface area contributed by atoms with E-state index in [-0.39, 0.29) is 23.5 Å². The third kappa shape index (κ3) is 5.60. The molecule has 7 aromatic rings. The van der Waals surface area contributed by atoms with Gasteiger partial charge in [-0.2, -0.15) is 0 Å². The van der Waals surface area contributed by atoms with Gasteiger partial charge >= 0.3 is 5.97 Å². The number of ether oxygens (including phenoxy) is 2. The number of methoxy groups -OCH3 is 1. The molecule has 2 N–H and O–H groups in total. The number of esters is 1. The van der Waals surface area contributed by atoms with Crippen LogP contribution < -0.4 is 10.3 Å². The average Bonchev–Trinajstić information content (AvgIpc) is 3.50. The standard InChI is InChI=1S/C41H34N2O5/c1-43-35-15-9-7-13-33(35)39(44)37(40(43)45)36(28-20-22-30(47-2)23-21-28)38-32(31-12-6-8-14-34(31)42-38)24-25-48-41(46)29-18-16-27(17-19-29)26-10-4-3-5-11-26/h3-23,36,42,44H,24-25H2,1-2H3. The number of hydrogen-bond donors (Lipinski definition) is 2. The van der Waals surface area contributed by atoms with Crippen molar-refractivity contribution in [2.75, 3.05) is 13.7 Å². The number of nitrogens with zero attached hydrogens (tertiary/aromatic N) is 1. The van der Waals surface area contributed by atoms with Crippen molar-refractivity contribution in [3.05, 3.63) is 166 Å². The first-order valence-corrected chi connectivity index (χ1v) is 15.8. The first-order chi connectivity index (χ1) is 23.4. The van der Waals surface area contributed by atoms with Gasteiger partial charge in [-0.15, -0.1) is 0 Å². The number of carbonyl (C=O) groups is 1. The van der Waals surface area contributed by atoms with Gasteiger partial charge in [0.25, 0.3) is 5.56 Å². The minimum Gasteiger partial charge on any atom is -0.507 e. The first kappa shape index (κ1) is 30.6. The van der Waals surface area contributed by atoms with Crippen LogP contribution in [0.15, 0.2) is 132 Å². The average molecular weight is 635 g/mol. The van der Waals surface area contributed by atoms with Crippen molar-refractivity contribution in [2.24, 2.45) is 7.05 Å². The Morgan fingerprint density at radius 2 is 1.44 bits per heavy atom. The second-order valence-electron chi connectivity index (χ2n) is 11.7. The number of aryl methyl sites for hydroxylation is 1. The van der Waals surface area contributed by atoms with Crippen LogP contribution in [0.5, 0.6) is 11.5 Å². The number of benzene rings is 5. The minimum absolute atomic E-state index is 0.0653. The third-order valence-corrected chi connectivity index (χ3v) is 9.00. The summed E-state index contributed by atoms with van der Waals surface area (Å²) < 4.78 is 12.8. The molecule has 5 aromatic carbocycles. The number of rotatable bonds is 9. The van der Waals surface area contributed by atoms with Gasteiger partial charge in [0.05, 0.1) is 36.3 Å². The van der Waals surface area contributed by atoms with E-state index in [1.807, 2.05) is 115 Å². The third-order valence-electron chi connectivity index (χ3n) is 9.00. The van der Waals surface area contributed by atoms with E-state index in [1.54, 1.807) is 30.9 Å². The Labute approximate surface area is 277 Å². The zero-order chi connectivity index (χ0) is 33.2. The van der Waals surface area contributed by atoms with Crippen LogP contribution >= 0.6 is 0 Å². The molecule has 0 radical (unpaired) electrons. The molecule has 1 atom stereocenters. The molecule has 7 heteroatoms. The molecule has 2 aromatic heterocycles. The second-order valence-corrected chi connectivity index (χ2v) is 11.7. The molecule has 0 aliphatic carbocycles. The number of aromatic hydroxyl groups is 1. The van der Waals surface area contributed by atoms with Crippen LogP contribution in [0.2, 0.25) is 0 Å². The maximum Gasteiger partial charge on any atom is 0.338 e. The Balaban J connectivity index is 1.27. The van der Waals surface area contributed by atoms with Crippen LogP contribution in [0.3, 0.4) is 0 Å². The highest BCUT2D eigenvalue weighted by Crippen LogP contribution is 2.41. The Bertz CT molecular complexity index is 2300. The predicted molar refractivity (Wildman–Crippen MR) is 189 cm³/mol. The maximum absolute atomic E-state index is 14.1. The molecule has 0 aliphatic heterocycles. The van der Waals surface area contributed by atoms with E-state index >= 15 is 0 Å². The minimum atomic E-state index is -0.664. The molecule has 1 unspecified atom stereocenters. The SMILES string of the molecule is COc1ccc(C(c2[nH]c3ccccc3c2CCOC(=O)c2ccc(-c3ccccc3)cc2)c2c(O)c3ccccc3n(C)c2=O)cc1. The monoisotopic (exact) mass is 634 g/mol. The van der Waals surface area contributed by atoms with Crippen molar-refractivity contribution >= 4 is 27.8 Å². The highest BCUT2D eigenvalue weighted by atomic mass is 16.5. The van der Waals surface area contributed by atoms with Crippen molar-refractivity contribution in [3.8, 4) is 22.6 Å². The van der Waals surface area contributed by atoms with Gasteiger partial charge in [0.2, 0.25) is 0 Å². The lowest BCUT2D eigenvalue weighted by Gasteiger charge is -2.22. The molecule has 2 heterocycles. The Morgan fingerprint density at radius 1 is 0.792 bits per heavy atom. The van der Waals surface area contributed by atoms with Gasteiger partial charge in [0, 0.05) is 35.5 Å². The van der Waals surface area contributed by atoms with Gasteiger partial charge < -0.3 is 24.1 Å². The van der Waals surface area contributed by atoms with Crippen LogP contribution in [0.1, 0.15) is 38.7 Å². The lowest BCUT2D eigenvalue weighted by molar-refractivity contribution is 0.0509. The molecule has 7 rings (SSSR count). The normalized spacial score (nSPS) is 11.9. The molecule has 7 nitrogen and oxygen atoms in total. The smallest absolute Gasteiger partial charge is 0.338 e. The highest BCUT2D eigenvalue weighted by Gasteiger charge is 2.30. The van der Waals surface area contributed by atoms with Gasteiger partial charge in [0.1, 0.15) is 11.5 Å². The van der Waals surface area contributed by atoms with E-state index in [9.17, 15) is 14.7 Å². The van der Waals surface area contributed by atoms with Crippen LogP contribution in [-0.2, 0) is 18.2 Å². The summed E-state index contributed by atoms with van der Waals surface area (Å²) >= 11 is 0. The van der Waals surface area contributed by atoms with Gasteiger partial charge in [0.15, 0.2) is 0 Å². The molecule has 0 saturated heterocycles. The molecule has 0 aliphatic rings. The summed E-state index contributed by atoms with van der Waals surface area (Å²) in [5.41, 5.74) is 6.45.